The Balaban J connectivity index is 1.71. The monoisotopic (exact) mass is 366 g/mol. The van der Waals surface area contributed by atoms with E-state index in [2.05, 4.69) is 27.2 Å². The lowest BCUT2D eigenvalue weighted by atomic mass is 10.0. The Morgan fingerprint density at radius 1 is 1.19 bits per heavy atom. The van der Waals surface area contributed by atoms with Gasteiger partial charge in [0.1, 0.15) is 29.2 Å². The Kier molecular flexibility index (Phi) is 4.90. The lowest BCUT2D eigenvalue weighted by Gasteiger charge is -2.15. The summed E-state index contributed by atoms with van der Waals surface area (Å²) in [5, 5.41) is 4.40. The van der Waals surface area contributed by atoms with Crippen molar-refractivity contribution in [1.82, 2.24) is 14.9 Å². The number of halogens is 1. The van der Waals surface area contributed by atoms with E-state index in [1.165, 1.54) is 18.6 Å². The van der Waals surface area contributed by atoms with E-state index in [0.29, 0.717) is 11.7 Å². The molecule has 1 atom stereocenters. The summed E-state index contributed by atoms with van der Waals surface area (Å²) in [4.78, 5) is 11.2. The molecule has 0 aliphatic carbocycles. The zero-order valence-electron chi connectivity index (χ0n) is 15.6. The number of aromatic nitrogens is 2. The van der Waals surface area contributed by atoms with E-state index in [4.69, 9.17) is 4.74 Å². The van der Waals surface area contributed by atoms with Gasteiger partial charge in [0.05, 0.1) is 7.11 Å². The summed E-state index contributed by atoms with van der Waals surface area (Å²) in [5.41, 5.74) is 2.63. The number of ether oxygens (including phenoxy) is 1. The van der Waals surface area contributed by atoms with Gasteiger partial charge in [-0.1, -0.05) is 12.1 Å². The third-order valence-corrected chi connectivity index (χ3v) is 5.15. The molecular formula is C21H23FN4O. The predicted octanol–water partition coefficient (Wildman–Crippen LogP) is 3.81. The second-order valence-electron chi connectivity index (χ2n) is 7.10. The van der Waals surface area contributed by atoms with Crippen LogP contribution in [-0.4, -0.2) is 48.7 Å². The Bertz CT molecular complexity index is 945. The molecule has 0 spiro atoms. The fourth-order valence-corrected chi connectivity index (χ4v) is 3.67. The molecule has 140 valence electrons. The fraction of sp³-hybridized carbons (Fsp3) is 0.333. The lowest BCUT2D eigenvalue weighted by molar-refractivity contribution is 0.399. The highest BCUT2D eigenvalue weighted by molar-refractivity contribution is 5.96. The molecule has 1 aromatic heterocycles. The molecule has 3 aromatic rings. The third kappa shape index (κ3) is 3.71. The molecule has 0 amide bonds. The van der Waals surface area contributed by atoms with Crippen LogP contribution in [0, 0.1) is 11.7 Å². The van der Waals surface area contributed by atoms with Crippen LogP contribution in [0.2, 0.25) is 0 Å². The smallest absolute Gasteiger partial charge is 0.145 e. The summed E-state index contributed by atoms with van der Waals surface area (Å²) in [6, 6.07) is 10.4. The number of rotatable bonds is 5. The first-order valence-electron chi connectivity index (χ1n) is 9.15. The minimum absolute atomic E-state index is 0.251. The van der Waals surface area contributed by atoms with Crippen LogP contribution in [0.25, 0.3) is 22.0 Å². The van der Waals surface area contributed by atoms with Crippen molar-refractivity contribution in [3.05, 3.63) is 48.5 Å². The van der Waals surface area contributed by atoms with E-state index in [9.17, 15) is 4.39 Å². The number of likely N-dealkylation sites (tertiary alicyclic amines) is 1. The number of nitrogens with zero attached hydrogens (tertiary/aromatic N) is 3. The average Bonchev–Trinajstić information content (AvgIpc) is 3.11. The highest BCUT2D eigenvalue weighted by atomic mass is 19.1. The van der Waals surface area contributed by atoms with Crippen LogP contribution in [0.4, 0.5) is 10.2 Å². The summed E-state index contributed by atoms with van der Waals surface area (Å²) in [7, 11) is 3.78. The van der Waals surface area contributed by atoms with Crippen molar-refractivity contribution in [2.24, 2.45) is 5.92 Å². The Hall–Kier alpha value is -2.73. The normalized spacial score (nSPS) is 17.4. The fourth-order valence-electron chi connectivity index (χ4n) is 3.67. The van der Waals surface area contributed by atoms with Crippen LogP contribution in [0.5, 0.6) is 5.75 Å². The number of nitrogens with one attached hydrogen (secondary N) is 1. The molecule has 1 N–H and O–H groups in total. The summed E-state index contributed by atoms with van der Waals surface area (Å²) in [6.07, 6.45) is 2.75. The van der Waals surface area contributed by atoms with Crippen molar-refractivity contribution in [2.75, 3.05) is 39.1 Å². The Morgan fingerprint density at radius 3 is 2.70 bits per heavy atom. The van der Waals surface area contributed by atoms with Gasteiger partial charge in [0.15, 0.2) is 0 Å². The molecule has 0 bridgehead atoms. The van der Waals surface area contributed by atoms with Crippen molar-refractivity contribution in [3.63, 3.8) is 0 Å². The molecule has 0 radical (unpaired) electrons. The maximum atomic E-state index is 13.3. The van der Waals surface area contributed by atoms with E-state index < -0.39 is 0 Å². The Labute approximate surface area is 158 Å². The first kappa shape index (κ1) is 17.7. The van der Waals surface area contributed by atoms with Gasteiger partial charge in [-0.25, -0.2) is 14.4 Å². The van der Waals surface area contributed by atoms with Gasteiger partial charge in [-0.15, -0.1) is 0 Å². The molecule has 2 aromatic carbocycles. The predicted molar refractivity (Wildman–Crippen MR) is 106 cm³/mol. The van der Waals surface area contributed by atoms with Gasteiger partial charge in [0.2, 0.25) is 0 Å². The van der Waals surface area contributed by atoms with Crippen LogP contribution < -0.4 is 10.1 Å². The lowest BCUT2D eigenvalue weighted by Crippen LogP contribution is -2.19. The van der Waals surface area contributed by atoms with Crippen molar-refractivity contribution >= 4 is 16.7 Å². The molecule has 0 saturated carbocycles. The molecule has 5 nitrogen and oxygen atoms in total. The number of fused-ring (bicyclic) bond motifs is 1. The molecule has 6 heteroatoms. The average molecular weight is 366 g/mol. The van der Waals surface area contributed by atoms with E-state index in [1.54, 1.807) is 25.6 Å². The van der Waals surface area contributed by atoms with E-state index in [-0.39, 0.29) is 5.82 Å². The number of hydrogen-bond acceptors (Lipinski definition) is 5. The standard InChI is InChI=1S/C21H23FN4O/c1-26-8-7-14(12-26)11-23-21-18-9-16(15-3-5-17(22)6-4-15)10-19(27-2)20(18)24-13-25-21/h3-6,9-10,13-14H,7-8,11-12H2,1-2H3,(H,23,24,25). The van der Waals surface area contributed by atoms with Gasteiger partial charge < -0.3 is 15.0 Å². The van der Waals surface area contributed by atoms with Crippen LogP contribution in [0.3, 0.4) is 0 Å². The molecule has 27 heavy (non-hydrogen) atoms. The van der Waals surface area contributed by atoms with Gasteiger partial charge in [0.25, 0.3) is 0 Å². The van der Waals surface area contributed by atoms with E-state index in [0.717, 1.165) is 47.5 Å². The van der Waals surface area contributed by atoms with Crippen LogP contribution in [0.15, 0.2) is 42.7 Å². The molecule has 1 aliphatic heterocycles. The van der Waals surface area contributed by atoms with Gasteiger partial charge in [0, 0.05) is 18.5 Å². The molecule has 4 rings (SSSR count). The number of benzene rings is 2. The number of anilines is 1. The molecule has 1 unspecified atom stereocenters. The second-order valence-corrected chi connectivity index (χ2v) is 7.10. The van der Waals surface area contributed by atoms with Gasteiger partial charge in [-0.2, -0.15) is 0 Å². The van der Waals surface area contributed by atoms with Crippen molar-refractivity contribution in [1.29, 1.82) is 0 Å². The molecule has 1 fully saturated rings. The second kappa shape index (κ2) is 7.48. The van der Waals surface area contributed by atoms with Crippen LogP contribution in [-0.2, 0) is 0 Å². The molecule has 1 aliphatic rings. The number of methoxy groups -OCH3 is 1. The van der Waals surface area contributed by atoms with Crippen molar-refractivity contribution < 1.29 is 9.13 Å². The van der Waals surface area contributed by atoms with Crippen molar-refractivity contribution in [2.45, 2.75) is 6.42 Å². The van der Waals surface area contributed by atoms with Crippen LogP contribution >= 0.6 is 0 Å². The molecule has 1 saturated heterocycles. The van der Waals surface area contributed by atoms with Crippen molar-refractivity contribution in [3.8, 4) is 16.9 Å². The van der Waals surface area contributed by atoms with E-state index in [1.807, 2.05) is 12.1 Å². The summed E-state index contributed by atoms with van der Waals surface area (Å²) >= 11 is 0. The zero-order valence-corrected chi connectivity index (χ0v) is 15.6. The molecule has 2 heterocycles. The van der Waals surface area contributed by atoms with Gasteiger partial charge >= 0.3 is 0 Å². The summed E-state index contributed by atoms with van der Waals surface area (Å²) in [6.45, 7) is 3.11. The van der Waals surface area contributed by atoms with Crippen LogP contribution in [0.1, 0.15) is 6.42 Å². The third-order valence-electron chi connectivity index (χ3n) is 5.15. The largest absolute Gasteiger partial charge is 0.494 e. The maximum Gasteiger partial charge on any atom is 0.145 e. The first-order valence-corrected chi connectivity index (χ1v) is 9.15. The minimum atomic E-state index is -0.251. The first-order chi connectivity index (χ1) is 13.1. The van der Waals surface area contributed by atoms with Gasteiger partial charge in [-0.3, -0.25) is 0 Å². The zero-order chi connectivity index (χ0) is 18.8. The minimum Gasteiger partial charge on any atom is -0.494 e. The highest BCUT2D eigenvalue weighted by Gasteiger charge is 2.20. The maximum absolute atomic E-state index is 13.3. The quantitative estimate of drug-likeness (QED) is 0.744. The topological polar surface area (TPSA) is 50.3 Å². The summed E-state index contributed by atoms with van der Waals surface area (Å²) < 4.78 is 18.8. The SMILES string of the molecule is COc1cc(-c2ccc(F)cc2)cc2c(NCC3CCN(C)C3)ncnc12. The van der Waals surface area contributed by atoms with Gasteiger partial charge in [-0.05, 0) is 61.3 Å². The summed E-state index contributed by atoms with van der Waals surface area (Å²) in [5.74, 6) is 1.84. The molecular weight excluding hydrogens is 343 g/mol. The number of hydrogen-bond donors (Lipinski definition) is 1. The highest BCUT2D eigenvalue weighted by Crippen LogP contribution is 2.34. The Morgan fingerprint density at radius 2 is 2.00 bits per heavy atom. The van der Waals surface area contributed by atoms with E-state index >= 15 is 0 Å².